The van der Waals surface area contributed by atoms with E-state index >= 15 is 0 Å². The Balaban J connectivity index is 1.97. The zero-order valence-electron chi connectivity index (χ0n) is 11.5. The molecule has 0 amide bonds. The number of fused-ring (bicyclic) bond motifs is 1. The van der Waals surface area contributed by atoms with Crippen LogP contribution in [0.4, 0.5) is 0 Å². The van der Waals surface area contributed by atoms with E-state index in [0.717, 1.165) is 38.7 Å². The van der Waals surface area contributed by atoms with Gasteiger partial charge in [0.05, 0.1) is 6.61 Å². The summed E-state index contributed by atoms with van der Waals surface area (Å²) in [6, 6.07) is 0. The minimum absolute atomic E-state index is 0.385. The monoisotopic (exact) mass is 256 g/mol. The first-order valence-corrected chi connectivity index (χ1v) is 7.84. The van der Waals surface area contributed by atoms with Gasteiger partial charge in [0.1, 0.15) is 0 Å². The number of ether oxygens (including phenoxy) is 1. The molecule has 106 valence electrons. The van der Waals surface area contributed by atoms with Gasteiger partial charge < -0.3 is 4.74 Å². The molecule has 0 bridgehead atoms. The molecule has 1 saturated carbocycles. The lowest BCUT2D eigenvalue weighted by Crippen LogP contribution is -2.46. The van der Waals surface area contributed by atoms with E-state index in [2.05, 4.69) is 0 Å². The molecule has 2 fully saturated rings. The van der Waals surface area contributed by atoms with Crippen LogP contribution in [-0.2, 0) is 9.62 Å². The SMILES string of the molecule is OOC12CCCCCCCCCCC1CCCO2. The highest BCUT2D eigenvalue weighted by Crippen LogP contribution is 2.39. The fourth-order valence-electron chi connectivity index (χ4n) is 3.52. The van der Waals surface area contributed by atoms with Crippen molar-refractivity contribution in [2.75, 3.05) is 6.61 Å². The van der Waals surface area contributed by atoms with Gasteiger partial charge in [-0.1, -0.05) is 44.9 Å². The molecule has 0 spiro atoms. The van der Waals surface area contributed by atoms with Crippen LogP contribution in [0.15, 0.2) is 0 Å². The van der Waals surface area contributed by atoms with Crippen LogP contribution in [0, 0.1) is 5.92 Å². The maximum absolute atomic E-state index is 9.36. The fraction of sp³-hybridized carbons (Fsp3) is 1.00. The van der Waals surface area contributed by atoms with Crippen molar-refractivity contribution in [1.29, 1.82) is 0 Å². The van der Waals surface area contributed by atoms with E-state index in [0.29, 0.717) is 5.92 Å². The lowest BCUT2D eigenvalue weighted by molar-refractivity contribution is -0.431. The van der Waals surface area contributed by atoms with E-state index in [-0.39, 0.29) is 0 Å². The Morgan fingerprint density at radius 2 is 1.44 bits per heavy atom. The Labute approximate surface area is 111 Å². The molecule has 1 heterocycles. The molecule has 3 nitrogen and oxygen atoms in total. The lowest BCUT2D eigenvalue weighted by Gasteiger charge is -2.41. The van der Waals surface area contributed by atoms with Crippen LogP contribution >= 0.6 is 0 Å². The number of rotatable bonds is 1. The summed E-state index contributed by atoms with van der Waals surface area (Å²) in [5.41, 5.74) is 0. The van der Waals surface area contributed by atoms with Gasteiger partial charge in [-0.2, -0.15) is 0 Å². The molecule has 2 atom stereocenters. The van der Waals surface area contributed by atoms with E-state index in [1.807, 2.05) is 0 Å². The molecule has 1 N–H and O–H groups in total. The van der Waals surface area contributed by atoms with Gasteiger partial charge in [0.15, 0.2) is 0 Å². The summed E-state index contributed by atoms with van der Waals surface area (Å²) < 4.78 is 5.85. The Kier molecular flexibility index (Phi) is 5.93. The standard InChI is InChI=1S/C15H28O3/c16-18-15-12-8-6-4-2-1-3-5-7-10-14(15)11-9-13-17-15/h14,16H,1-13H2. The first-order chi connectivity index (χ1) is 8.87. The second kappa shape index (κ2) is 7.46. The highest BCUT2D eigenvalue weighted by atomic mass is 17.1. The van der Waals surface area contributed by atoms with Crippen LogP contribution in [0.25, 0.3) is 0 Å². The van der Waals surface area contributed by atoms with Crippen LogP contribution < -0.4 is 0 Å². The maximum atomic E-state index is 9.36. The molecule has 1 saturated heterocycles. The zero-order valence-corrected chi connectivity index (χ0v) is 11.5. The van der Waals surface area contributed by atoms with E-state index in [4.69, 9.17) is 9.62 Å². The smallest absolute Gasteiger partial charge is 0.204 e. The summed E-state index contributed by atoms with van der Waals surface area (Å²) in [6.07, 6.45) is 14.6. The minimum atomic E-state index is -0.683. The molecule has 0 aromatic heterocycles. The van der Waals surface area contributed by atoms with Gasteiger partial charge in [0.25, 0.3) is 0 Å². The fourth-order valence-corrected chi connectivity index (χ4v) is 3.52. The van der Waals surface area contributed by atoms with Crippen LogP contribution in [0.3, 0.4) is 0 Å². The van der Waals surface area contributed by atoms with Crippen molar-refractivity contribution in [3.63, 3.8) is 0 Å². The van der Waals surface area contributed by atoms with Gasteiger partial charge in [-0.15, -0.1) is 0 Å². The molecule has 2 rings (SSSR count). The Morgan fingerprint density at radius 1 is 0.833 bits per heavy atom. The molecule has 0 aromatic rings. The minimum Gasteiger partial charge on any atom is -0.347 e. The van der Waals surface area contributed by atoms with Gasteiger partial charge in [-0.3, -0.25) is 0 Å². The molecular weight excluding hydrogens is 228 g/mol. The van der Waals surface area contributed by atoms with Crippen LogP contribution in [0.2, 0.25) is 0 Å². The Hall–Kier alpha value is -0.120. The van der Waals surface area contributed by atoms with E-state index in [1.165, 1.54) is 44.9 Å². The van der Waals surface area contributed by atoms with Gasteiger partial charge in [-0.05, 0) is 25.7 Å². The quantitative estimate of drug-likeness (QED) is 0.554. The predicted octanol–water partition coefficient (Wildman–Crippen LogP) is 4.51. The summed E-state index contributed by atoms with van der Waals surface area (Å²) in [4.78, 5) is 4.86. The van der Waals surface area contributed by atoms with Crippen molar-refractivity contribution in [3.05, 3.63) is 0 Å². The van der Waals surface area contributed by atoms with Crippen LogP contribution in [0.5, 0.6) is 0 Å². The molecule has 2 unspecified atom stereocenters. The van der Waals surface area contributed by atoms with Crippen molar-refractivity contribution in [2.45, 2.75) is 82.8 Å². The molecule has 0 aromatic carbocycles. The van der Waals surface area contributed by atoms with E-state index in [9.17, 15) is 5.26 Å². The summed E-state index contributed by atoms with van der Waals surface area (Å²) in [5.74, 6) is -0.298. The first kappa shape index (κ1) is 14.3. The molecular formula is C15H28O3. The molecule has 2 aliphatic rings. The number of hydrogen-bond donors (Lipinski definition) is 1. The van der Waals surface area contributed by atoms with Crippen molar-refractivity contribution in [1.82, 2.24) is 0 Å². The van der Waals surface area contributed by atoms with Crippen molar-refractivity contribution in [2.24, 2.45) is 5.92 Å². The maximum Gasteiger partial charge on any atom is 0.204 e. The molecule has 18 heavy (non-hydrogen) atoms. The van der Waals surface area contributed by atoms with Gasteiger partial charge >= 0.3 is 0 Å². The molecule has 1 aliphatic heterocycles. The van der Waals surface area contributed by atoms with Crippen molar-refractivity contribution in [3.8, 4) is 0 Å². The van der Waals surface area contributed by atoms with Crippen LogP contribution in [-0.4, -0.2) is 17.7 Å². The highest BCUT2D eigenvalue weighted by molar-refractivity contribution is 4.82. The van der Waals surface area contributed by atoms with Gasteiger partial charge in [0, 0.05) is 12.3 Å². The normalized spacial score (nSPS) is 36.2. The van der Waals surface area contributed by atoms with E-state index < -0.39 is 5.79 Å². The average Bonchev–Trinajstić information content (AvgIpc) is 2.40. The van der Waals surface area contributed by atoms with Crippen molar-refractivity contribution >= 4 is 0 Å². The van der Waals surface area contributed by atoms with Crippen molar-refractivity contribution < 1.29 is 14.9 Å². The summed E-state index contributed by atoms with van der Waals surface area (Å²) in [6.45, 7) is 0.733. The second-order valence-electron chi connectivity index (χ2n) is 5.96. The summed E-state index contributed by atoms with van der Waals surface area (Å²) in [5, 5.41) is 9.36. The van der Waals surface area contributed by atoms with Gasteiger partial charge in [0.2, 0.25) is 5.79 Å². The third kappa shape index (κ3) is 3.69. The number of hydrogen-bond acceptors (Lipinski definition) is 3. The van der Waals surface area contributed by atoms with E-state index in [1.54, 1.807) is 0 Å². The topological polar surface area (TPSA) is 38.7 Å². The first-order valence-electron chi connectivity index (χ1n) is 7.84. The molecule has 3 heteroatoms. The summed E-state index contributed by atoms with van der Waals surface area (Å²) in [7, 11) is 0. The Morgan fingerprint density at radius 3 is 2.17 bits per heavy atom. The third-order valence-corrected chi connectivity index (χ3v) is 4.65. The predicted molar refractivity (Wildman–Crippen MR) is 71.3 cm³/mol. The van der Waals surface area contributed by atoms with Gasteiger partial charge in [-0.25, -0.2) is 10.1 Å². The largest absolute Gasteiger partial charge is 0.347 e. The van der Waals surface area contributed by atoms with Crippen LogP contribution in [0.1, 0.15) is 77.0 Å². The summed E-state index contributed by atoms with van der Waals surface area (Å²) >= 11 is 0. The second-order valence-corrected chi connectivity index (χ2v) is 5.96. The molecule has 0 radical (unpaired) electrons. The third-order valence-electron chi connectivity index (χ3n) is 4.65. The molecule has 1 aliphatic carbocycles. The lowest BCUT2D eigenvalue weighted by atomic mass is 9.83. The highest BCUT2D eigenvalue weighted by Gasteiger charge is 2.43. The Bertz CT molecular complexity index is 232. The average molecular weight is 256 g/mol. The zero-order chi connectivity index (χ0) is 12.7.